The van der Waals surface area contributed by atoms with Crippen LogP contribution in [-0.2, 0) is 14.6 Å². The summed E-state index contributed by atoms with van der Waals surface area (Å²) >= 11 is 0. The second-order valence-corrected chi connectivity index (χ2v) is 8.27. The van der Waals surface area contributed by atoms with Gasteiger partial charge >= 0.3 is 0 Å². The Morgan fingerprint density at radius 3 is 2.62 bits per heavy atom. The molecule has 7 nitrogen and oxygen atoms in total. The molecule has 1 rings (SSSR count). The number of ether oxygens (including phenoxy) is 2. The maximum absolute atomic E-state index is 11.0. The third-order valence-electron chi connectivity index (χ3n) is 3.57. The Hall–Kier alpha value is -1.80. The van der Waals surface area contributed by atoms with Gasteiger partial charge in [0, 0.05) is 19.8 Å². The number of benzene rings is 1. The van der Waals surface area contributed by atoms with Gasteiger partial charge in [0.1, 0.15) is 22.2 Å². The molecule has 26 heavy (non-hydrogen) atoms. The van der Waals surface area contributed by atoms with E-state index in [4.69, 9.17) is 9.47 Å². The van der Waals surface area contributed by atoms with E-state index in [1.54, 1.807) is 0 Å². The largest absolute Gasteiger partial charge is 0.491 e. The molecule has 0 aromatic heterocycles. The average molecular weight is 386 g/mol. The Kier molecular flexibility index (Phi) is 10.0. The van der Waals surface area contributed by atoms with Crippen molar-refractivity contribution < 1.29 is 17.9 Å². The molecule has 0 saturated heterocycles. The number of nitrogens with one attached hydrogen (secondary N) is 1. The lowest BCUT2D eigenvalue weighted by molar-refractivity contribution is 0.157. The van der Waals surface area contributed by atoms with Gasteiger partial charge in [-0.2, -0.15) is 0 Å². The monoisotopic (exact) mass is 385 g/mol. The number of guanidine groups is 1. The Bertz CT molecular complexity index is 662. The molecule has 0 heterocycles. The van der Waals surface area contributed by atoms with E-state index in [-0.39, 0.29) is 12.4 Å². The molecule has 1 N–H and O–H groups in total. The molecule has 1 aromatic carbocycles. The minimum atomic E-state index is -2.98. The van der Waals surface area contributed by atoms with Gasteiger partial charge in [-0.15, -0.1) is 0 Å². The fourth-order valence-corrected chi connectivity index (χ4v) is 2.54. The Balaban J connectivity index is 2.37. The van der Waals surface area contributed by atoms with Crippen molar-refractivity contribution >= 4 is 15.8 Å². The lowest BCUT2D eigenvalue weighted by Crippen LogP contribution is -2.41. The molecule has 0 atom stereocenters. The average Bonchev–Trinajstić information content (AvgIpc) is 2.57. The van der Waals surface area contributed by atoms with Crippen LogP contribution in [0.2, 0.25) is 0 Å². The van der Waals surface area contributed by atoms with Crippen LogP contribution in [0.4, 0.5) is 0 Å². The molecular formula is C18H31N3O4S. The van der Waals surface area contributed by atoms with Crippen LogP contribution in [0.15, 0.2) is 29.3 Å². The number of rotatable bonds is 11. The summed E-state index contributed by atoms with van der Waals surface area (Å²) in [6, 6.07) is 7.93. The molecule has 0 fully saturated rings. The highest BCUT2D eigenvalue weighted by Gasteiger charge is 2.06. The highest BCUT2D eigenvalue weighted by atomic mass is 32.2. The zero-order valence-electron chi connectivity index (χ0n) is 16.2. The predicted molar refractivity (Wildman–Crippen MR) is 106 cm³/mol. The van der Waals surface area contributed by atoms with Crippen LogP contribution < -0.4 is 10.1 Å². The normalized spacial score (nSPS) is 12.1. The van der Waals surface area contributed by atoms with Crippen molar-refractivity contribution in [3.8, 4) is 5.75 Å². The van der Waals surface area contributed by atoms with Gasteiger partial charge in [-0.05, 0) is 25.5 Å². The quantitative estimate of drug-likeness (QED) is 0.352. The summed E-state index contributed by atoms with van der Waals surface area (Å²) in [7, 11) is -1.03. The molecule has 1 aromatic rings. The van der Waals surface area contributed by atoms with Crippen molar-refractivity contribution in [2.45, 2.75) is 13.8 Å². The predicted octanol–water partition coefficient (Wildman–Crippen LogP) is 1.33. The summed E-state index contributed by atoms with van der Waals surface area (Å²) in [5, 5.41) is 3.23. The summed E-state index contributed by atoms with van der Waals surface area (Å²) < 4.78 is 33.2. The number of hydrogen-bond acceptors (Lipinski definition) is 5. The zero-order valence-corrected chi connectivity index (χ0v) is 17.0. The van der Waals surface area contributed by atoms with Gasteiger partial charge in [0.2, 0.25) is 0 Å². The molecule has 148 valence electrons. The van der Waals surface area contributed by atoms with Crippen LogP contribution in [0.3, 0.4) is 0 Å². The minimum Gasteiger partial charge on any atom is -0.491 e. The van der Waals surface area contributed by atoms with E-state index in [1.807, 2.05) is 50.1 Å². The first-order chi connectivity index (χ1) is 12.3. The third-order valence-corrected chi connectivity index (χ3v) is 4.48. The maximum Gasteiger partial charge on any atom is 0.193 e. The van der Waals surface area contributed by atoms with Crippen LogP contribution in [0.1, 0.15) is 12.5 Å². The van der Waals surface area contributed by atoms with Crippen LogP contribution in [-0.4, -0.2) is 77.8 Å². The lowest BCUT2D eigenvalue weighted by Gasteiger charge is -2.22. The molecule has 0 amide bonds. The summed E-state index contributed by atoms with van der Waals surface area (Å²) in [6.45, 7) is 7.09. The first kappa shape index (κ1) is 22.2. The number of nitrogens with zero attached hydrogens (tertiary/aromatic N) is 2. The fraction of sp³-hybridized carbons (Fsp3) is 0.611. The Labute approximate surface area is 157 Å². The maximum atomic E-state index is 11.0. The van der Waals surface area contributed by atoms with Crippen molar-refractivity contribution in [2.75, 3.05) is 58.5 Å². The van der Waals surface area contributed by atoms with Crippen LogP contribution in [0.25, 0.3) is 0 Å². The first-order valence-corrected chi connectivity index (χ1v) is 10.8. The van der Waals surface area contributed by atoms with Crippen molar-refractivity contribution in [1.82, 2.24) is 10.2 Å². The standard InChI is InChI=1S/C18H31N3O4S/c1-5-19-18(20-10-12-24-14-15-26(4,22)23)21(3)11-13-25-17-9-7-6-8-16(17)2/h6-9H,5,10-15H2,1-4H3,(H,19,20). The molecule has 0 aliphatic carbocycles. The van der Waals surface area contributed by atoms with E-state index in [2.05, 4.69) is 10.3 Å². The zero-order chi connectivity index (χ0) is 19.4. The smallest absolute Gasteiger partial charge is 0.193 e. The molecular weight excluding hydrogens is 354 g/mol. The number of para-hydroxylation sites is 1. The first-order valence-electron chi connectivity index (χ1n) is 8.77. The van der Waals surface area contributed by atoms with Crippen LogP contribution in [0, 0.1) is 6.92 Å². The van der Waals surface area contributed by atoms with E-state index in [1.165, 1.54) is 6.26 Å². The van der Waals surface area contributed by atoms with E-state index in [0.717, 1.165) is 23.8 Å². The molecule has 0 aliphatic heterocycles. The van der Waals surface area contributed by atoms with Gasteiger partial charge in [-0.3, -0.25) is 4.99 Å². The van der Waals surface area contributed by atoms with E-state index < -0.39 is 9.84 Å². The summed E-state index contributed by atoms with van der Waals surface area (Å²) in [5.41, 5.74) is 1.11. The minimum absolute atomic E-state index is 0.0346. The summed E-state index contributed by atoms with van der Waals surface area (Å²) in [5.74, 6) is 1.70. The number of aryl methyl sites for hydroxylation is 1. The number of likely N-dealkylation sites (N-methyl/N-ethyl adjacent to an activating group) is 1. The summed E-state index contributed by atoms with van der Waals surface area (Å²) in [6.07, 6.45) is 1.20. The van der Waals surface area contributed by atoms with Gasteiger partial charge in [0.15, 0.2) is 5.96 Å². The van der Waals surface area contributed by atoms with E-state index in [9.17, 15) is 8.42 Å². The Morgan fingerprint density at radius 2 is 1.96 bits per heavy atom. The van der Waals surface area contributed by atoms with Crippen molar-refractivity contribution in [3.05, 3.63) is 29.8 Å². The van der Waals surface area contributed by atoms with E-state index in [0.29, 0.717) is 26.3 Å². The molecule has 0 saturated carbocycles. The summed E-state index contributed by atoms with van der Waals surface area (Å²) in [4.78, 5) is 6.49. The fourth-order valence-electron chi connectivity index (χ4n) is 2.11. The number of aliphatic imine (C=N–C) groups is 1. The van der Waals surface area contributed by atoms with Crippen LogP contribution in [0.5, 0.6) is 5.75 Å². The van der Waals surface area contributed by atoms with Crippen LogP contribution >= 0.6 is 0 Å². The topological polar surface area (TPSA) is 80.2 Å². The third kappa shape index (κ3) is 9.62. The van der Waals surface area contributed by atoms with E-state index >= 15 is 0 Å². The van der Waals surface area contributed by atoms with Crippen molar-refractivity contribution in [2.24, 2.45) is 4.99 Å². The lowest BCUT2D eigenvalue weighted by atomic mass is 10.2. The van der Waals surface area contributed by atoms with Crippen molar-refractivity contribution in [1.29, 1.82) is 0 Å². The molecule has 0 bridgehead atoms. The Morgan fingerprint density at radius 1 is 1.23 bits per heavy atom. The molecule has 0 radical (unpaired) electrons. The van der Waals surface area contributed by atoms with Gasteiger partial charge in [0.25, 0.3) is 0 Å². The molecule has 0 unspecified atom stereocenters. The second kappa shape index (κ2) is 11.7. The SMILES string of the molecule is CCNC(=NCCOCCS(C)(=O)=O)N(C)CCOc1ccccc1C. The van der Waals surface area contributed by atoms with Gasteiger partial charge in [-0.25, -0.2) is 8.42 Å². The number of sulfone groups is 1. The number of hydrogen-bond donors (Lipinski definition) is 1. The second-order valence-electron chi connectivity index (χ2n) is 6.01. The van der Waals surface area contributed by atoms with Gasteiger partial charge in [0.05, 0.1) is 32.1 Å². The highest BCUT2D eigenvalue weighted by molar-refractivity contribution is 7.90. The molecule has 0 spiro atoms. The van der Waals surface area contributed by atoms with Gasteiger partial charge in [-0.1, -0.05) is 18.2 Å². The molecule has 8 heteroatoms. The van der Waals surface area contributed by atoms with Crippen molar-refractivity contribution in [3.63, 3.8) is 0 Å². The van der Waals surface area contributed by atoms with Gasteiger partial charge < -0.3 is 19.7 Å². The molecule has 0 aliphatic rings. The highest BCUT2D eigenvalue weighted by Crippen LogP contribution is 2.15.